The molecular formula is C31H32ClN3O6. The zero-order chi connectivity index (χ0) is 29.7. The number of hydrogen-bond acceptors (Lipinski definition) is 7. The molecular weight excluding hydrogens is 546 g/mol. The van der Waals surface area contributed by atoms with Gasteiger partial charge in [-0.25, -0.2) is 4.79 Å². The molecule has 1 aliphatic rings. The Bertz CT molecular complexity index is 1530. The van der Waals surface area contributed by atoms with Gasteiger partial charge in [0.15, 0.2) is 0 Å². The van der Waals surface area contributed by atoms with Gasteiger partial charge in [-0.3, -0.25) is 14.2 Å². The number of benzene rings is 2. The number of amides is 1. The van der Waals surface area contributed by atoms with Gasteiger partial charge in [-0.05, 0) is 76.1 Å². The van der Waals surface area contributed by atoms with Crippen molar-refractivity contribution in [1.82, 2.24) is 4.57 Å². The molecule has 4 rings (SSSR count). The van der Waals surface area contributed by atoms with Crippen molar-refractivity contribution in [1.29, 1.82) is 5.26 Å². The summed E-state index contributed by atoms with van der Waals surface area (Å²) in [6, 6.07) is 13.7. The van der Waals surface area contributed by atoms with Crippen LogP contribution in [-0.2, 0) is 14.3 Å². The number of nitrogens with one attached hydrogen (secondary N) is 1. The Morgan fingerprint density at radius 1 is 1.17 bits per heavy atom. The van der Waals surface area contributed by atoms with Crippen LogP contribution in [0.25, 0.3) is 11.1 Å². The number of pyridine rings is 1. The molecule has 2 aromatic carbocycles. The van der Waals surface area contributed by atoms with E-state index in [9.17, 15) is 19.6 Å². The van der Waals surface area contributed by atoms with Crippen LogP contribution in [0.15, 0.2) is 59.5 Å². The van der Waals surface area contributed by atoms with E-state index in [-0.39, 0.29) is 12.5 Å². The van der Waals surface area contributed by atoms with Crippen molar-refractivity contribution in [2.45, 2.75) is 57.8 Å². The number of esters is 1. The lowest BCUT2D eigenvalue weighted by atomic mass is 9.99. The number of halogens is 1. The van der Waals surface area contributed by atoms with Gasteiger partial charge in [0.1, 0.15) is 17.4 Å². The number of anilines is 1. The number of nitrogens with zero attached hydrogens (tertiary/aromatic N) is 2. The number of carbonyl (C=O) groups is 2. The summed E-state index contributed by atoms with van der Waals surface area (Å²) in [4.78, 5) is 39.5. The normalized spacial score (nSPS) is 15.6. The average Bonchev–Trinajstić information content (AvgIpc) is 3.44. The molecule has 10 heteroatoms. The molecule has 1 saturated heterocycles. The third-order valence-corrected chi connectivity index (χ3v) is 6.83. The minimum Gasteiger partial charge on any atom is -0.495 e. The third-order valence-electron chi connectivity index (χ3n) is 6.59. The minimum absolute atomic E-state index is 0.198. The number of hydrogen-bond donors (Lipinski definition) is 1. The van der Waals surface area contributed by atoms with Gasteiger partial charge in [0.05, 0.1) is 36.6 Å². The van der Waals surface area contributed by atoms with Crippen LogP contribution in [0.4, 0.5) is 5.69 Å². The zero-order valence-electron chi connectivity index (χ0n) is 23.4. The highest BCUT2D eigenvalue weighted by Gasteiger charge is 2.29. The maximum atomic E-state index is 13.6. The summed E-state index contributed by atoms with van der Waals surface area (Å²) in [5.74, 6) is -0.595. The van der Waals surface area contributed by atoms with Gasteiger partial charge in [0, 0.05) is 40.9 Å². The van der Waals surface area contributed by atoms with Gasteiger partial charge in [-0.15, -0.1) is 0 Å². The molecule has 0 spiro atoms. The smallest absolute Gasteiger partial charge is 0.338 e. The quantitative estimate of drug-likeness (QED) is 0.338. The van der Waals surface area contributed by atoms with Crippen molar-refractivity contribution in [2.24, 2.45) is 0 Å². The summed E-state index contributed by atoms with van der Waals surface area (Å²) in [6.07, 6.45) is 3.19. The van der Waals surface area contributed by atoms with E-state index in [2.05, 4.69) is 11.4 Å². The summed E-state index contributed by atoms with van der Waals surface area (Å²) in [5.41, 5.74) is 0.883. The second-order valence-electron chi connectivity index (χ2n) is 10.8. The standard InChI is InChI=1S/C31H32ClN3O6/c1-31(2,3)41-30(38)19-8-11-22(12-9-19)34-29(37)26(15-23-6-5-13-40-23)35-18-27(39-4)25(16-28(35)36)24-14-21(32)10-7-20(24)17-33/h7-12,14,16,18,23,26H,5-6,13,15H2,1-4H3,(H,34,37)/t23-,26?/m0/s1. The molecule has 41 heavy (non-hydrogen) atoms. The number of carbonyl (C=O) groups excluding carboxylic acids is 2. The highest BCUT2D eigenvalue weighted by molar-refractivity contribution is 6.31. The van der Waals surface area contributed by atoms with Crippen LogP contribution in [0.3, 0.4) is 0 Å². The molecule has 1 aromatic heterocycles. The third kappa shape index (κ3) is 7.34. The van der Waals surface area contributed by atoms with Crippen LogP contribution in [0.2, 0.25) is 5.02 Å². The Balaban J connectivity index is 1.66. The fourth-order valence-corrected chi connectivity index (χ4v) is 4.83. The first-order valence-electron chi connectivity index (χ1n) is 13.2. The summed E-state index contributed by atoms with van der Waals surface area (Å²) in [5, 5.41) is 12.9. The molecule has 0 radical (unpaired) electrons. The van der Waals surface area contributed by atoms with Gasteiger partial charge in [-0.1, -0.05) is 11.6 Å². The van der Waals surface area contributed by atoms with E-state index in [1.807, 2.05) is 0 Å². The molecule has 3 aromatic rings. The molecule has 0 saturated carbocycles. The van der Waals surface area contributed by atoms with Gasteiger partial charge in [0.2, 0.25) is 5.91 Å². The Kier molecular flexibility index (Phi) is 9.16. The summed E-state index contributed by atoms with van der Waals surface area (Å²) < 4.78 is 18.1. The first-order chi connectivity index (χ1) is 19.5. The maximum absolute atomic E-state index is 13.6. The van der Waals surface area contributed by atoms with E-state index in [0.29, 0.717) is 45.3 Å². The number of nitriles is 1. The molecule has 1 amide bonds. The SMILES string of the molecule is COc1cn(C(C[C@@H]2CCCO2)C(=O)Nc2ccc(C(=O)OC(C)(C)C)cc2)c(=O)cc1-c1cc(Cl)ccc1C#N. The predicted molar refractivity (Wildman–Crippen MR) is 155 cm³/mol. The van der Waals surface area contributed by atoms with Crippen LogP contribution < -0.4 is 15.6 Å². The second kappa shape index (κ2) is 12.6. The average molecular weight is 578 g/mol. The molecule has 0 bridgehead atoms. The monoisotopic (exact) mass is 577 g/mol. The van der Waals surface area contributed by atoms with Crippen LogP contribution >= 0.6 is 11.6 Å². The fraction of sp³-hybridized carbons (Fsp3) is 0.355. The lowest BCUT2D eigenvalue weighted by molar-refractivity contribution is -0.120. The van der Waals surface area contributed by atoms with Crippen molar-refractivity contribution in [2.75, 3.05) is 19.0 Å². The topological polar surface area (TPSA) is 120 Å². The maximum Gasteiger partial charge on any atom is 0.338 e. The molecule has 1 fully saturated rings. The lowest BCUT2D eigenvalue weighted by Crippen LogP contribution is -2.35. The van der Waals surface area contributed by atoms with E-state index in [0.717, 1.165) is 12.8 Å². The van der Waals surface area contributed by atoms with Crippen molar-refractivity contribution in [3.8, 4) is 22.9 Å². The molecule has 0 aliphatic carbocycles. The first-order valence-corrected chi connectivity index (χ1v) is 13.6. The molecule has 9 nitrogen and oxygen atoms in total. The van der Waals surface area contributed by atoms with Crippen molar-refractivity contribution < 1.29 is 23.8 Å². The van der Waals surface area contributed by atoms with Crippen LogP contribution in [-0.4, -0.2) is 41.9 Å². The van der Waals surface area contributed by atoms with Crippen LogP contribution in [0.1, 0.15) is 62.0 Å². The molecule has 1 N–H and O–H groups in total. The van der Waals surface area contributed by atoms with Gasteiger partial charge < -0.3 is 19.5 Å². The Labute approximate surface area is 243 Å². The summed E-state index contributed by atoms with van der Waals surface area (Å²) in [6.45, 7) is 5.95. The Morgan fingerprint density at radius 2 is 1.90 bits per heavy atom. The van der Waals surface area contributed by atoms with Crippen LogP contribution in [0, 0.1) is 11.3 Å². The predicted octanol–water partition coefficient (Wildman–Crippen LogP) is 5.75. The highest BCUT2D eigenvalue weighted by atomic mass is 35.5. The van der Waals surface area contributed by atoms with Crippen LogP contribution in [0.5, 0.6) is 5.75 Å². The number of ether oxygens (including phenoxy) is 3. The molecule has 1 aliphatic heterocycles. The van der Waals surface area contributed by atoms with Gasteiger partial charge in [0.25, 0.3) is 5.56 Å². The number of rotatable bonds is 8. The first kappa shape index (κ1) is 29.8. The largest absolute Gasteiger partial charge is 0.495 e. The van der Waals surface area contributed by atoms with Crippen molar-refractivity contribution in [3.05, 3.63) is 81.2 Å². The van der Waals surface area contributed by atoms with Crippen molar-refractivity contribution in [3.63, 3.8) is 0 Å². The fourth-order valence-electron chi connectivity index (χ4n) is 4.66. The summed E-state index contributed by atoms with van der Waals surface area (Å²) >= 11 is 6.18. The molecule has 1 unspecified atom stereocenters. The van der Waals surface area contributed by atoms with E-state index < -0.39 is 29.1 Å². The highest BCUT2D eigenvalue weighted by Crippen LogP contribution is 2.34. The second-order valence-corrected chi connectivity index (χ2v) is 11.2. The summed E-state index contributed by atoms with van der Waals surface area (Å²) in [7, 11) is 1.45. The van der Waals surface area contributed by atoms with Gasteiger partial charge in [-0.2, -0.15) is 5.26 Å². The van der Waals surface area contributed by atoms with Crippen molar-refractivity contribution >= 4 is 29.2 Å². The van der Waals surface area contributed by atoms with E-state index in [4.69, 9.17) is 25.8 Å². The molecule has 214 valence electrons. The Morgan fingerprint density at radius 3 is 2.51 bits per heavy atom. The van der Waals surface area contributed by atoms with E-state index in [1.165, 1.54) is 23.9 Å². The number of aromatic nitrogens is 1. The Hall–Kier alpha value is -4.13. The van der Waals surface area contributed by atoms with E-state index in [1.54, 1.807) is 63.2 Å². The van der Waals surface area contributed by atoms with Gasteiger partial charge >= 0.3 is 5.97 Å². The number of methoxy groups -OCH3 is 1. The molecule has 2 heterocycles. The minimum atomic E-state index is -0.922. The zero-order valence-corrected chi connectivity index (χ0v) is 24.2. The van der Waals surface area contributed by atoms with E-state index >= 15 is 0 Å². The lowest BCUT2D eigenvalue weighted by Gasteiger charge is -2.24. The molecule has 2 atom stereocenters.